The zero-order valence-corrected chi connectivity index (χ0v) is 18.0. The molecule has 1 saturated carbocycles. The zero-order chi connectivity index (χ0) is 23.1. The van der Waals surface area contributed by atoms with Crippen LogP contribution in [-0.2, 0) is 19.6 Å². The summed E-state index contributed by atoms with van der Waals surface area (Å²) in [5, 5.41) is 13.5. The lowest BCUT2D eigenvalue weighted by atomic mass is 9.98. The molecule has 4 rings (SSSR count). The number of amides is 4. The van der Waals surface area contributed by atoms with Crippen LogP contribution in [0.25, 0.3) is 0 Å². The number of carbonyl (C=O) groups is 3. The first-order chi connectivity index (χ1) is 15.1. The third-order valence-electron chi connectivity index (χ3n) is 6.27. The summed E-state index contributed by atoms with van der Waals surface area (Å²) in [7, 11) is -3.86. The fourth-order valence-corrected chi connectivity index (χ4v) is 5.86. The van der Waals surface area contributed by atoms with Crippen LogP contribution in [0.3, 0.4) is 0 Å². The fourth-order valence-electron chi connectivity index (χ4n) is 4.44. The van der Waals surface area contributed by atoms with E-state index in [2.05, 4.69) is 5.32 Å². The number of hydrogen-bond acceptors (Lipinski definition) is 7. The lowest BCUT2D eigenvalue weighted by Crippen LogP contribution is -2.53. The van der Waals surface area contributed by atoms with Gasteiger partial charge in [-0.25, -0.2) is 13.2 Å². The van der Waals surface area contributed by atoms with Crippen molar-refractivity contribution >= 4 is 33.6 Å². The molecule has 0 radical (unpaired) electrons. The summed E-state index contributed by atoms with van der Waals surface area (Å²) in [5.74, 6) is -0.788. The Morgan fingerprint density at radius 1 is 1.06 bits per heavy atom. The van der Waals surface area contributed by atoms with Crippen molar-refractivity contribution in [3.8, 4) is 0 Å². The van der Waals surface area contributed by atoms with Crippen molar-refractivity contribution in [2.45, 2.75) is 36.1 Å². The van der Waals surface area contributed by atoms with E-state index in [9.17, 15) is 32.9 Å². The van der Waals surface area contributed by atoms with Gasteiger partial charge >= 0.3 is 6.03 Å². The molecule has 32 heavy (non-hydrogen) atoms. The summed E-state index contributed by atoms with van der Waals surface area (Å²) in [6, 6.07) is 4.05. The SMILES string of the molecule is O=C(CN1C(=O)NC2(CCCC2)C1=O)N1CCN(S(=O)(=O)c2ccc([N+](=O)[O-])cc2)CC1. The van der Waals surface area contributed by atoms with Crippen LogP contribution in [0.15, 0.2) is 29.2 Å². The van der Waals surface area contributed by atoms with Gasteiger partial charge in [0.25, 0.3) is 11.6 Å². The Labute approximate surface area is 184 Å². The minimum Gasteiger partial charge on any atom is -0.338 e. The van der Waals surface area contributed by atoms with Gasteiger partial charge in [-0.3, -0.25) is 24.6 Å². The van der Waals surface area contributed by atoms with Crippen LogP contribution in [0.5, 0.6) is 0 Å². The molecule has 12 nitrogen and oxygen atoms in total. The quantitative estimate of drug-likeness (QED) is 0.373. The van der Waals surface area contributed by atoms with Crippen LogP contribution in [-0.4, -0.2) is 83.6 Å². The molecule has 1 spiro atoms. The highest BCUT2D eigenvalue weighted by Gasteiger charge is 2.53. The first-order valence-corrected chi connectivity index (χ1v) is 11.7. The summed E-state index contributed by atoms with van der Waals surface area (Å²) in [5.41, 5.74) is -1.09. The Hall–Kier alpha value is -3.06. The molecule has 1 aliphatic carbocycles. The Balaban J connectivity index is 1.36. The van der Waals surface area contributed by atoms with Crippen LogP contribution in [0, 0.1) is 10.1 Å². The average molecular weight is 465 g/mol. The van der Waals surface area contributed by atoms with Gasteiger partial charge in [-0.15, -0.1) is 0 Å². The molecule has 0 aromatic heterocycles. The Morgan fingerprint density at radius 2 is 1.66 bits per heavy atom. The number of non-ortho nitro benzene ring substituents is 1. The van der Waals surface area contributed by atoms with Gasteiger partial charge in [-0.05, 0) is 25.0 Å². The first kappa shape index (κ1) is 22.1. The van der Waals surface area contributed by atoms with Crippen molar-refractivity contribution in [2.75, 3.05) is 32.7 Å². The Kier molecular flexibility index (Phi) is 5.63. The van der Waals surface area contributed by atoms with E-state index in [0.29, 0.717) is 12.8 Å². The predicted octanol–water partition coefficient (Wildman–Crippen LogP) is 0.292. The van der Waals surface area contributed by atoms with Crippen LogP contribution in [0.2, 0.25) is 0 Å². The van der Waals surface area contributed by atoms with Crippen molar-refractivity contribution in [1.82, 2.24) is 19.4 Å². The summed E-state index contributed by atoms with van der Waals surface area (Å²) in [4.78, 5) is 50.1. The van der Waals surface area contributed by atoms with Gasteiger partial charge in [-0.2, -0.15) is 4.31 Å². The van der Waals surface area contributed by atoms with E-state index in [1.54, 1.807) is 0 Å². The molecule has 172 valence electrons. The largest absolute Gasteiger partial charge is 0.338 e. The third kappa shape index (κ3) is 3.81. The molecular weight excluding hydrogens is 442 g/mol. The smallest absolute Gasteiger partial charge is 0.325 e. The van der Waals surface area contributed by atoms with E-state index >= 15 is 0 Å². The van der Waals surface area contributed by atoms with Gasteiger partial charge in [0.2, 0.25) is 15.9 Å². The summed E-state index contributed by atoms with van der Waals surface area (Å²) < 4.78 is 26.8. The van der Waals surface area contributed by atoms with E-state index < -0.39 is 32.4 Å². The number of hydrogen-bond donors (Lipinski definition) is 1. The van der Waals surface area contributed by atoms with Crippen LogP contribution >= 0.6 is 0 Å². The van der Waals surface area contributed by atoms with E-state index in [-0.39, 0.29) is 49.2 Å². The molecule has 1 aromatic carbocycles. The van der Waals surface area contributed by atoms with Gasteiger partial charge in [0.15, 0.2) is 0 Å². The van der Waals surface area contributed by atoms with Crippen LogP contribution < -0.4 is 5.32 Å². The number of piperazine rings is 1. The molecule has 1 aromatic rings. The molecule has 0 unspecified atom stereocenters. The topological polar surface area (TPSA) is 150 Å². The lowest BCUT2D eigenvalue weighted by Gasteiger charge is -2.34. The molecule has 2 heterocycles. The van der Waals surface area contributed by atoms with E-state index in [1.165, 1.54) is 21.3 Å². The minimum absolute atomic E-state index is 0.0368. The van der Waals surface area contributed by atoms with Gasteiger partial charge in [-0.1, -0.05) is 12.8 Å². The molecule has 3 aliphatic rings. The number of nitro groups is 1. The molecule has 0 atom stereocenters. The van der Waals surface area contributed by atoms with Gasteiger partial charge in [0, 0.05) is 38.3 Å². The summed E-state index contributed by atoms with van der Waals surface area (Å²) >= 11 is 0. The molecule has 1 N–H and O–H groups in total. The highest BCUT2D eigenvalue weighted by molar-refractivity contribution is 7.89. The molecule has 2 aliphatic heterocycles. The number of imide groups is 1. The van der Waals surface area contributed by atoms with E-state index in [1.807, 2.05) is 0 Å². The predicted molar refractivity (Wildman–Crippen MR) is 110 cm³/mol. The van der Waals surface area contributed by atoms with E-state index in [0.717, 1.165) is 29.9 Å². The number of nitrogens with zero attached hydrogens (tertiary/aromatic N) is 4. The standard InChI is InChI=1S/C19H23N5O7S/c25-16(13-23-17(26)19(20-18(23)27)7-1-2-8-19)21-9-11-22(12-10-21)32(30,31)15-5-3-14(4-6-15)24(28)29/h3-6H,1-2,7-13H2,(H,20,27). The third-order valence-corrected chi connectivity index (χ3v) is 8.19. The van der Waals surface area contributed by atoms with E-state index in [4.69, 9.17) is 0 Å². The van der Waals surface area contributed by atoms with Crippen LogP contribution in [0.4, 0.5) is 10.5 Å². The molecule has 2 saturated heterocycles. The summed E-state index contributed by atoms with van der Waals surface area (Å²) in [6.45, 7) is -0.0779. The van der Waals surface area contributed by atoms with Crippen molar-refractivity contribution in [3.05, 3.63) is 34.4 Å². The van der Waals surface area contributed by atoms with Gasteiger partial charge in [0.05, 0.1) is 9.82 Å². The number of carbonyl (C=O) groups excluding carboxylic acids is 3. The number of nitrogens with one attached hydrogen (secondary N) is 1. The van der Waals surface area contributed by atoms with Crippen molar-refractivity contribution in [2.24, 2.45) is 0 Å². The number of urea groups is 1. The molecule has 3 fully saturated rings. The zero-order valence-electron chi connectivity index (χ0n) is 17.2. The summed E-state index contributed by atoms with van der Waals surface area (Å²) in [6.07, 6.45) is 2.83. The molecular formula is C19H23N5O7S. The van der Waals surface area contributed by atoms with Crippen LogP contribution in [0.1, 0.15) is 25.7 Å². The van der Waals surface area contributed by atoms with Gasteiger partial charge < -0.3 is 10.2 Å². The second kappa shape index (κ2) is 8.13. The number of benzene rings is 1. The maximum absolute atomic E-state index is 12.8. The highest BCUT2D eigenvalue weighted by Crippen LogP contribution is 2.35. The number of sulfonamides is 1. The minimum atomic E-state index is -3.86. The molecule has 0 bridgehead atoms. The molecule has 13 heteroatoms. The maximum Gasteiger partial charge on any atom is 0.325 e. The van der Waals surface area contributed by atoms with Crippen molar-refractivity contribution in [3.63, 3.8) is 0 Å². The lowest BCUT2D eigenvalue weighted by molar-refractivity contribution is -0.384. The Morgan fingerprint density at radius 3 is 2.22 bits per heavy atom. The van der Waals surface area contributed by atoms with Crippen molar-refractivity contribution < 1.29 is 27.7 Å². The number of nitro benzene ring substituents is 1. The Bertz CT molecular complexity index is 1060. The monoisotopic (exact) mass is 465 g/mol. The second-order valence-electron chi connectivity index (χ2n) is 8.15. The highest BCUT2D eigenvalue weighted by atomic mass is 32.2. The normalized spacial score (nSPS) is 21.2. The fraction of sp³-hybridized carbons (Fsp3) is 0.526. The first-order valence-electron chi connectivity index (χ1n) is 10.3. The molecule has 4 amide bonds. The van der Waals surface area contributed by atoms with Crippen molar-refractivity contribution in [1.29, 1.82) is 0 Å². The number of rotatable bonds is 5. The average Bonchev–Trinajstić information content (AvgIpc) is 3.34. The second-order valence-corrected chi connectivity index (χ2v) is 10.1. The van der Waals surface area contributed by atoms with Gasteiger partial charge in [0.1, 0.15) is 12.1 Å². The maximum atomic E-state index is 12.8.